The number of rotatable bonds is 7. The van der Waals surface area contributed by atoms with E-state index in [9.17, 15) is 4.79 Å². The number of ether oxygens (including phenoxy) is 1. The molecule has 0 spiro atoms. The highest BCUT2D eigenvalue weighted by Gasteiger charge is 2.06. The number of aliphatic hydroxyl groups is 2. The number of esters is 1. The van der Waals surface area contributed by atoms with Gasteiger partial charge in [0, 0.05) is 22.8 Å². The Bertz CT molecular complexity index is 353. The van der Waals surface area contributed by atoms with Crippen LogP contribution in [-0.2, 0) is 22.5 Å². The van der Waals surface area contributed by atoms with Crippen molar-refractivity contribution in [3.8, 4) is 0 Å². The van der Waals surface area contributed by atoms with E-state index in [1.807, 2.05) is 12.1 Å². The van der Waals surface area contributed by atoms with E-state index in [1.165, 1.54) is 18.4 Å². The van der Waals surface area contributed by atoms with Gasteiger partial charge in [0.2, 0.25) is 0 Å². The molecule has 0 saturated heterocycles. The van der Waals surface area contributed by atoms with E-state index in [1.54, 1.807) is 0 Å². The molecule has 0 aromatic carbocycles. The van der Waals surface area contributed by atoms with Crippen LogP contribution in [0.15, 0.2) is 12.1 Å². The van der Waals surface area contributed by atoms with Gasteiger partial charge in [-0.3, -0.25) is 4.79 Å². The van der Waals surface area contributed by atoms with E-state index in [0.29, 0.717) is 19.5 Å². The molecule has 0 amide bonds. The summed E-state index contributed by atoms with van der Waals surface area (Å²) < 4.78 is 4.58. The summed E-state index contributed by atoms with van der Waals surface area (Å²) in [5.74, 6) is -0.248. The van der Waals surface area contributed by atoms with Crippen molar-refractivity contribution in [2.24, 2.45) is 0 Å². The van der Waals surface area contributed by atoms with Crippen LogP contribution in [0.5, 0.6) is 0 Å². The molecule has 1 aromatic heterocycles. The van der Waals surface area contributed by atoms with Crippen molar-refractivity contribution in [1.29, 1.82) is 0 Å². The van der Waals surface area contributed by atoms with Crippen LogP contribution in [0.3, 0.4) is 0 Å². The fourth-order valence-corrected chi connectivity index (χ4v) is 2.23. The zero-order valence-electron chi connectivity index (χ0n) is 9.68. The van der Waals surface area contributed by atoms with Crippen molar-refractivity contribution in [2.45, 2.75) is 19.1 Å². The molecule has 0 aliphatic rings. The number of aliphatic hydroxyl groups excluding tert-OH is 2. The molecular formula is C11H17NO4S. The number of methoxy groups -OCH3 is 1. The molecule has 0 radical (unpaired) electrons. The van der Waals surface area contributed by atoms with Crippen molar-refractivity contribution in [3.63, 3.8) is 0 Å². The Morgan fingerprint density at radius 2 is 2.24 bits per heavy atom. The molecule has 3 N–H and O–H groups in total. The highest BCUT2D eigenvalue weighted by Crippen LogP contribution is 2.17. The maximum absolute atomic E-state index is 11.0. The lowest BCUT2D eigenvalue weighted by Gasteiger charge is -2.07. The maximum atomic E-state index is 11.0. The first-order chi connectivity index (χ1) is 8.15. The van der Waals surface area contributed by atoms with Crippen LogP contribution in [0.25, 0.3) is 0 Å². The van der Waals surface area contributed by atoms with Crippen LogP contribution in [-0.4, -0.2) is 42.5 Å². The van der Waals surface area contributed by atoms with Gasteiger partial charge in [0.1, 0.15) is 0 Å². The molecule has 5 nitrogen and oxygen atoms in total. The third kappa shape index (κ3) is 5.27. The van der Waals surface area contributed by atoms with Crippen molar-refractivity contribution >= 4 is 17.3 Å². The Labute approximate surface area is 104 Å². The smallest absolute Gasteiger partial charge is 0.310 e. The van der Waals surface area contributed by atoms with Crippen LogP contribution in [0.2, 0.25) is 0 Å². The summed E-state index contributed by atoms with van der Waals surface area (Å²) in [6, 6.07) is 3.82. The first-order valence-electron chi connectivity index (χ1n) is 5.29. The van der Waals surface area contributed by atoms with Crippen molar-refractivity contribution in [2.75, 3.05) is 20.3 Å². The third-order valence-corrected chi connectivity index (χ3v) is 3.24. The van der Waals surface area contributed by atoms with Crippen molar-refractivity contribution in [1.82, 2.24) is 5.32 Å². The van der Waals surface area contributed by atoms with Gasteiger partial charge in [0.05, 0.1) is 26.2 Å². The standard InChI is InChI=1S/C11H17NO4S/c1-16-11(15)4-9-2-3-10(17-9)6-12-5-8(14)7-13/h2-3,8,12-14H,4-7H2,1H3. The molecule has 1 aromatic rings. The van der Waals surface area contributed by atoms with Gasteiger partial charge in [-0.2, -0.15) is 0 Å². The molecule has 1 unspecified atom stereocenters. The fourth-order valence-electron chi connectivity index (χ4n) is 1.25. The van der Waals surface area contributed by atoms with Gasteiger partial charge in [0.15, 0.2) is 0 Å². The van der Waals surface area contributed by atoms with E-state index in [-0.39, 0.29) is 12.6 Å². The van der Waals surface area contributed by atoms with E-state index < -0.39 is 6.10 Å². The van der Waals surface area contributed by atoms with Gasteiger partial charge in [-0.25, -0.2) is 0 Å². The lowest BCUT2D eigenvalue weighted by Crippen LogP contribution is -2.28. The zero-order chi connectivity index (χ0) is 12.7. The second-order valence-electron chi connectivity index (χ2n) is 3.59. The summed E-state index contributed by atoms with van der Waals surface area (Å²) in [5.41, 5.74) is 0. The first kappa shape index (κ1) is 14.1. The molecular weight excluding hydrogens is 242 g/mol. The highest BCUT2D eigenvalue weighted by atomic mass is 32.1. The van der Waals surface area contributed by atoms with Gasteiger partial charge in [-0.05, 0) is 12.1 Å². The van der Waals surface area contributed by atoms with Crippen LogP contribution in [0.4, 0.5) is 0 Å². The molecule has 1 heterocycles. The van der Waals surface area contributed by atoms with Crippen molar-refractivity contribution < 1.29 is 19.7 Å². The molecule has 1 rings (SSSR count). The van der Waals surface area contributed by atoms with E-state index in [0.717, 1.165) is 9.75 Å². The number of hydrogen-bond acceptors (Lipinski definition) is 6. The Balaban J connectivity index is 2.33. The molecule has 0 aliphatic carbocycles. The largest absolute Gasteiger partial charge is 0.469 e. The summed E-state index contributed by atoms with van der Waals surface area (Å²) in [6.07, 6.45) is -0.440. The summed E-state index contributed by atoms with van der Waals surface area (Å²) in [6.45, 7) is 0.717. The van der Waals surface area contributed by atoms with E-state index in [4.69, 9.17) is 10.2 Å². The predicted octanol–water partition coefficient (Wildman–Crippen LogP) is -0.0936. The Hall–Kier alpha value is -0.950. The van der Waals surface area contributed by atoms with Gasteiger partial charge in [0.25, 0.3) is 0 Å². The number of thiophene rings is 1. The molecule has 0 aliphatic heterocycles. The van der Waals surface area contributed by atoms with Crippen LogP contribution < -0.4 is 5.32 Å². The maximum Gasteiger partial charge on any atom is 0.310 e. The highest BCUT2D eigenvalue weighted by molar-refractivity contribution is 7.12. The number of carbonyl (C=O) groups excluding carboxylic acids is 1. The third-order valence-electron chi connectivity index (χ3n) is 2.15. The minimum Gasteiger partial charge on any atom is -0.469 e. The summed E-state index contributed by atoms with van der Waals surface area (Å²) in [4.78, 5) is 13.1. The zero-order valence-corrected chi connectivity index (χ0v) is 10.5. The van der Waals surface area contributed by atoms with Gasteiger partial charge in [-0.1, -0.05) is 0 Å². The minimum absolute atomic E-state index is 0.245. The monoisotopic (exact) mass is 259 g/mol. The van der Waals surface area contributed by atoms with E-state index in [2.05, 4.69) is 10.1 Å². The molecule has 17 heavy (non-hydrogen) atoms. The number of hydrogen-bond donors (Lipinski definition) is 3. The Morgan fingerprint density at radius 1 is 1.53 bits per heavy atom. The average Bonchev–Trinajstić information content (AvgIpc) is 2.76. The van der Waals surface area contributed by atoms with Gasteiger partial charge < -0.3 is 20.3 Å². The van der Waals surface area contributed by atoms with Crippen LogP contribution >= 0.6 is 11.3 Å². The number of nitrogens with one attached hydrogen (secondary N) is 1. The lowest BCUT2D eigenvalue weighted by atomic mass is 10.3. The fraction of sp³-hybridized carbons (Fsp3) is 0.545. The molecule has 1 atom stereocenters. The van der Waals surface area contributed by atoms with E-state index >= 15 is 0 Å². The first-order valence-corrected chi connectivity index (χ1v) is 6.11. The predicted molar refractivity (Wildman–Crippen MR) is 64.8 cm³/mol. The SMILES string of the molecule is COC(=O)Cc1ccc(CNCC(O)CO)s1. The quantitative estimate of drug-likeness (QED) is 0.596. The Morgan fingerprint density at radius 3 is 2.88 bits per heavy atom. The normalized spacial score (nSPS) is 12.4. The summed E-state index contributed by atoms with van der Waals surface area (Å²) in [7, 11) is 1.37. The van der Waals surface area contributed by atoms with Gasteiger partial charge >= 0.3 is 5.97 Å². The molecule has 0 fully saturated rings. The minimum atomic E-state index is -0.732. The van der Waals surface area contributed by atoms with Gasteiger partial charge in [-0.15, -0.1) is 11.3 Å². The molecule has 0 bridgehead atoms. The Kier molecular flexibility index (Phi) is 6.13. The second-order valence-corrected chi connectivity index (χ2v) is 4.84. The summed E-state index contributed by atoms with van der Waals surface area (Å²) >= 11 is 1.53. The van der Waals surface area contributed by atoms with Crippen molar-refractivity contribution in [3.05, 3.63) is 21.9 Å². The number of carbonyl (C=O) groups is 1. The molecule has 96 valence electrons. The lowest BCUT2D eigenvalue weighted by molar-refractivity contribution is -0.139. The molecule has 0 saturated carbocycles. The summed E-state index contributed by atoms with van der Waals surface area (Å²) in [5, 5.41) is 20.8. The average molecular weight is 259 g/mol. The molecule has 6 heteroatoms. The second kappa shape index (κ2) is 7.39. The van der Waals surface area contributed by atoms with Crippen LogP contribution in [0, 0.1) is 0 Å². The van der Waals surface area contributed by atoms with Crippen LogP contribution in [0.1, 0.15) is 9.75 Å². The topological polar surface area (TPSA) is 78.8 Å².